The van der Waals surface area contributed by atoms with Gasteiger partial charge in [0.25, 0.3) is 15.9 Å². The standard InChI is InChI=1S/C28H33N3O3S/c1-6-22-12-18-25(19-13-22)31(35(33,34)26-10-8-7-9-11-26)20-27(32)30-29-21(2)23-14-16-24(17-15-23)28(3,4)5/h7-19H,6,20H2,1-5H3,(H,30,32)/b29-21-. The van der Waals surface area contributed by atoms with Gasteiger partial charge < -0.3 is 0 Å². The number of rotatable bonds is 8. The van der Waals surface area contributed by atoms with Gasteiger partial charge >= 0.3 is 0 Å². The van der Waals surface area contributed by atoms with Gasteiger partial charge in [-0.2, -0.15) is 5.10 Å². The molecule has 3 aromatic carbocycles. The van der Waals surface area contributed by atoms with Gasteiger partial charge in [0, 0.05) is 0 Å². The summed E-state index contributed by atoms with van der Waals surface area (Å²) in [5, 5.41) is 4.21. The number of carbonyl (C=O) groups excluding carboxylic acids is 1. The lowest BCUT2D eigenvalue weighted by molar-refractivity contribution is -0.119. The zero-order valence-electron chi connectivity index (χ0n) is 20.9. The van der Waals surface area contributed by atoms with Gasteiger partial charge in [-0.25, -0.2) is 13.8 Å². The summed E-state index contributed by atoms with van der Waals surface area (Å²) >= 11 is 0. The summed E-state index contributed by atoms with van der Waals surface area (Å²) in [5.74, 6) is -0.533. The minimum Gasteiger partial charge on any atom is -0.271 e. The van der Waals surface area contributed by atoms with E-state index in [9.17, 15) is 13.2 Å². The fourth-order valence-corrected chi connectivity index (χ4v) is 4.96. The van der Waals surface area contributed by atoms with Crippen molar-refractivity contribution in [2.45, 2.75) is 51.3 Å². The van der Waals surface area contributed by atoms with Crippen molar-refractivity contribution >= 4 is 27.3 Å². The van der Waals surface area contributed by atoms with E-state index >= 15 is 0 Å². The summed E-state index contributed by atoms with van der Waals surface area (Å²) < 4.78 is 27.9. The topological polar surface area (TPSA) is 78.8 Å². The fraction of sp³-hybridized carbons (Fsp3) is 0.286. The number of benzene rings is 3. The molecule has 184 valence electrons. The Morgan fingerprint density at radius 2 is 1.51 bits per heavy atom. The molecule has 0 bridgehead atoms. The molecule has 6 nitrogen and oxygen atoms in total. The maximum Gasteiger partial charge on any atom is 0.264 e. The van der Waals surface area contributed by atoms with E-state index in [1.54, 1.807) is 37.3 Å². The maximum absolute atomic E-state index is 13.4. The van der Waals surface area contributed by atoms with Crippen LogP contribution in [0, 0.1) is 0 Å². The number of aryl methyl sites for hydroxylation is 1. The first-order valence-electron chi connectivity index (χ1n) is 11.6. The molecule has 0 spiro atoms. The van der Waals surface area contributed by atoms with Crippen LogP contribution >= 0.6 is 0 Å². The van der Waals surface area contributed by atoms with Crippen molar-refractivity contribution in [3.05, 3.63) is 95.6 Å². The molecule has 0 saturated carbocycles. The molecule has 0 atom stereocenters. The number of nitrogens with zero attached hydrogens (tertiary/aromatic N) is 2. The number of anilines is 1. The predicted molar refractivity (Wildman–Crippen MR) is 142 cm³/mol. The highest BCUT2D eigenvalue weighted by molar-refractivity contribution is 7.92. The Morgan fingerprint density at radius 1 is 0.914 bits per heavy atom. The van der Waals surface area contributed by atoms with E-state index in [1.165, 1.54) is 17.7 Å². The molecule has 0 unspecified atom stereocenters. The highest BCUT2D eigenvalue weighted by Crippen LogP contribution is 2.24. The predicted octanol–water partition coefficient (Wildman–Crippen LogP) is 5.28. The molecule has 1 N–H and O–H groups in total. The summed E-state index contributed by atoms with van der Waals surface area (Å²) in [7, 11) is -3.95. The fourth-order valence-electron chi connectivity index (χ4n) is 3.52. The van der Waals surface area contributed by atoms with Gasteiger partial charge in [-0.3, -0.25) is 9.10 Å². The van der Waals surface area contributed by atoms with Crippen molar-refractivity contribution in [2.24, 2.45) is 5.10 Å². The number of nitrogens with one attached hydrogen (secondary N) is 1. The van der Waals surface area contributed by atoms with Gasteiger partial charge in [-0.1, -0.05) is 82.3 Å². The van der Waals surface area contributed by atoms with Crippen LogP contribution in [0.5, 0.6) is 0 Å². The second-order valence-corrected chi connectivity index (χ2v) is 11.3. The molecule has 7 heteroatoms. The molecule has 0 aliphatic carbocycles. The van der Waals surface area contributed by atoms with Crippen molar-refractivity contribution in [1.82, 2.24) is 5.43 Å². The molecular weight excluding hydrogens is 458 g/mol. The quantitative estimate of drug-likeness (QED) is 0.344. The molecule has 35 heavy (non-hydrogen) atoms. The van der Waals surface area contributed by atoms with Gasteiger partial charge in [0.05, 0.1) is 16.3 Å². The van der Waals surface area contributed by atoms with E-state index in [0.717, 1.165) is 21.9 Å². The van der Waals surface area contributed by atoms with E-state index in [0.29, 0.717) is 11.4 Å². The molecule has 0 saturated heterocycles. The van der Waals surface area contributed by atoms with Gasteiger partial charge in [-0.15, -0.1) is 0 Å². The normalized spacial score (nSPS) is 12.3. The minimum atomic E-state index is -3.95. The van der Waals surface area contributed by atoms with Crippen molar-refractivity contribution in [3.63, 3.8) is 0 Å². The SMILES string of the molecule is CCc1ccc(N(CC(=O)N/N=C(/C)c2ccc(C(C)(C)C)cc2)S(=O)(=O)c2ccccc2)cc1. The van der Waals surface area contributed by atoms with Crippen LogP contribution in [0.1, 0.15) is 51.3 Å². The van der Waals surface area contributed by atoms with Gasteiger partial charge in [0.2, 0.25) is 0 Å². The third-order valence-corrected chi connectivity index (χ3v) is 7.56. The summed E-state index contributed by atoms with van der Waals surface area (Å²) in [6.45, 7) is 9.87. The first-order valence-corrected chi connectivity index (χ1v) is 13.1. The van der Waals surface area contributed by atoms with Crippen LogP contribution in [0.4, 0.5) is 5.69 Å². The van der Waals surface area contributed by atoms with Crippen LogP contribution in [-0.4, -0.2) is 26.6 Å². The highest BCUT2D eigenvalue weighted by Gasteiger charge is 2.27. The molecule has 0 fully saturated rings. The number of carbonyl (C=O) groups is 1. The molecule has 0 radical (unpaired) electrons. The third-order valence-electron chi connectivity index (χ3n) is 5.77. The van der Waals surface area contributed by atoms with Crippen molar-refractivity contribution in [3.8, 4) is 0 Å². The lowest BCUT2D eigenvalue weighted by Crippen LogP contribution is -2.39. The number of sulfonamides is 1. The summed E-state index contributed by atoms with van der Waals surface area (Å²) in [6, 6.07) is 23.3. The molecule has 1 amide bonds. The van der Waals surface area contributed by atoms with E-state index in [-0.39, 0.29) is 10.3 Å². The molecule has 0 aliphatic rings. The maximum atomic E-state index is 13.4. The molecule has 0 heterocycles. The Morgan fingerprint density at radius 3 is 2.06 bits per heavy atom. The molecule has 3 aromatic rings. The van der Waals surface area contributed by atoms with Crippen LogP contribution < -0.4 is 9.73 Å². The average molecular weight is 492 g/mol. The van der Waals surface area contributed by atoms with Crippen LogP contribution in [0.25, 0.3) is 0 Å². The Kier molecular flexibility index (Phi) is 8.12. The summed E-state index contributed by atoms with van der Waals surface area (Å²) in [4.78, 5) is 12.9. The van der Waals surface area contributed by atoms with Gasteiger partial charge in [-0.05, 0) is 59.7 Å². The van der Waals surface area contributed by atoms with Crippen molar-refractivity contribution in [1.29, 1.82) is 0 Å². The third kappa shape index (κ3) is 6.57. The first-order chi connectivity index (χ1) is 16.5. The zero-order chi connectivity index (χ0) is 25.6. The molecular formula is C28H33N3O3S. The number of hydrogen-bond donors (Lipinski definition) is 1. The number of hydrogen-bond acceptors (Lipinski definition) is 4. The Balaban J connectivity index is 1.82. The Hall–Kier alpha value is -3.45. The summed E-state index contributed by atoms with van der Waals surface area (Å²) in [6.07, 6.45) is 0.830. The monoisotopic (exact) mass is 491 g/mol. The molecule has 0 aromatic heterocycles. The smallest absolute Gasteiger partial charge is 0.264 e. The molecule has 3 rings (SSSR count). The van der Waals surface area contributed by atoms with Crippen molar-refractivity contribution < 1.29 is 13.2 Å². The zero-order valence-corrected chi connectivity index (χ0v) is 21.8. The van der Waals surface area contributed by atoms with E-state index in [1.807, 2.05) is 43.3 Å². The average Bonchev–Trinajstić information content (AvgIpc) is 2.86. The van der Waals surface area contributed by atoms with E-state index in [4.69, 9.17) is 0 Å². The Labute approximate surface area is 208 Å². The largest absolute Gasteiger partial charge is 0.271 e. The first kappa shape index (κ1) is 26.2. The van der Waals surface area contributed by atoms with Crippen LogP contribution in [0.15, 0.2) is 88.9 Å². The lowest BCUT2D eigenvalue weighted by atomic mass is 9.86. The van der Waals surface area contributed by atoms with Gasteiger partial charge in [0.1, 0.15) is 6.54 Å². The second kappa shape index (κ2) is 10.9. The number of amides is 1. The van der Waals surface area contributed by atoms with Crippen LogP contribution in [0.2, 0.25) is 0 Å². The number of hydrazone groups is 1. The highest BCUT2D eigenvalue weighted by atomic mass is 32.2. The van der Waals surface area contributed by atoms with Crippen molar-refractivity contribution in [2.75, 3.05) is 10.8 Å². The lowest BCUT2D eigenvalue weighted by Gasteiger charge is -2.24. The molecule has 0 aliphatic heterocycles. The van der Waals surface area contributed by atoms with Gasteiger partial charge in [0.15, 0.2) is 0 Å². The van der Waals surface area contributed by atoms with E-state index < -0.39 is 22.5 Å². The van der Waals surface area contributed by atoms with E-state index in [2.05, 4.69) is 31.3 Å². The minimum absolute atomic E-state index is 0.0425. The van der Waals surface area contributed by atoms with Crippen LogP contribution in [-0.2, 0) is 26.7 Å². The Bertz CT molecular complexity index is 1280. The second-order valence-electron chi connectivity index (χ2n) is 9.40. The van der Waals surface area contributed by atoms with Crippen LogP contribution in [0.3, 0.4) is 0 Å². The summed E-state index contributed by atoms with van der Waals surface area (Å²) in [5.41, 5.74) is 6.76.